The van der Waals surface area contributed by atoms with Crippen LogP contribution in [0.25, 0.3) is 0 Å². The maximum Gasteiger partial charge on any atom is 0.243 e. The van der Waals surface area contributed by atoms with Gasteiger partial charge in [0.2, 0.25) is 10.0 Å². The second-order valence-corrected chi connectivity index (χ2v) is 5.17. The van der Waals surface area contributed by atoms with Crippen LogP contribution < -0.4 is 4.72 Å². The Kier molecular flexibility index (Phi) is 5.56. The molecule has 0 amide bonds. The highest BCUT2D eigenvalue weighted by atomic mass is 32.2. The molecule has 0 saturated carbocycles. The van der Waals surface area contributed by atoms with E-state index in [4.69, 9.17) is 9.84 Å². The van der Waals surface area contributed by atoms with Crippen LogP contribution in [0.4, 0.5) is 0 Å². The summed E-state index contributed by atoms with van der Waals surface area (Å²) in [6.07, 6.45) is 3.25. The van der Waals surface area contributed by atoms with Crippen LogP contribution in [0.2, 0.25) is 0 Å². The maximum absolute atomic E-state index is 11.7. The predicted octanol–water partition coefficient (Wildman–Crippen LogP) is -0.810. The van der Waals surface area contributed by atoms with E-state index in [1.807, 2.05) is 0 Å². The summed E-state index contributed by atoms with van der Waals surface area (Å²) < 4.78 is 32.1. The van der Waals surface area contributed by atoms with Crippen molar-refractivity contribution in [2.24, 2.45) is 0 Å². The molecule has 2 N–H and O–H groups in total. The summed E-state index contributed by atoms with van der Waals surface area (Å²) in [4.78, 5) is 0.100. The molecular weight excluding hydrogens is 246 g/mol. The molecule has 98 valence electrons. The van der Waals surface area contributed by atoms with Crippen molar-refractivity contribution in [3.8, 4) is 0 Å². The fraction of sp³-hybridized carbons (Fsp3) is 0.667. The number of methoxy groups -OCH3 is 1. The van der Waals surface area contributed by atoms with Crippen molar-refractivity contribution in [1.29, 1.82) is 0 Å². The fourth-order valence-electron chi connectivity index (χ4n) is 1.21. The molecule has 17 heavy (non-hydrogen) atoms. The first-order valence-electron chi connectivity index (χ1n) is 5.22. The normalized spacial score (nSPS) is 11.9. The lowest BCUT2D eigenvalue weighted by molar-refractivity contribution is 0.196. The summed E-state index contributed by atoms with van der Waals surface area (Å²) in [7, 11) is -1.95. The molecular formula is C9H17N3O4S. The topological polar surface area (TPSA) is 93.5 Å². The molecule has 0 bridgehead atoms. The van der Waals surface area contributed by atoms with Gasteiger partial charge in [-0.3, -0.25) is 4.68 Å². The predicted molar refractivity (Wildman–Crippen MR) is 61.0 cm³/mol. The molecule has 0 spiro atoms. The smallest absolute Gasteiger partial charge is 0.243 e. The van der Waals surface area contributed by atoms with E-state index in [2.05, 4.69) is 9.82 Å². The van der Waals surface area contributed by atoms with Crippen LogP contribution in [0.5, 0.6) is 0 Å². The van der Waals surface area contributed by atoms with E-state index < -0.39 is 10.0 Å². The van der Waals surface area contributed by atoms with Crippen LogP contribution in [0.1, 0.15) is 6.42 Å². The lowest BCUT2D eigenvalue weighted by atomic mass is 10.5. The van der Waals surface area contributed by atoms with Crippen LogP contribution in [0.3, 0.4) is 0 Å². The highest BCUT2D eigenvalue weighted by molar-refractivity contribution is 7.89. The Morgan fingerprint density at radius 3 is 3.00 bits per heavy atom. The molecule has 1 heterocycles. The number of hydrogen-bond acceptors (Lipinski definition) is 5. The monoisotopic (exact) mass is 263 g/mol. The van der Waals surface area contributed by atoms with Crippen molar-refractivity contribution in [1.82, 2.24) is 14.5 Å². The molecule has 0 radical (unpaired) electrons. The van der Waals surface area contributed by atoms with E-state index in [1.54, 1.807) is 7.11 Å². The molecule has 1 rings (SSSR count). The standard InChI is InChI=1S/C9H17N3O4S/c1-16-6-2-3-11-17(14,15)9-7-10-12(8-9)4-5-13/h7-8,11,13H,2-6H2,1H3. The average Bonchev–Trinajstić information content (AvgIpc) is 2.74. The van der Waals surface area contributed by atoms with Crippen molar-refractivity contribution in [3.63, 3.8) is 0 Å². The van der Waals surface area contributed by atoms with Crippen LogP contribution >= 0.6 is 0 Å². The quantitative estimate of drug-likeness (QED) is 0.598. The molecule has 1 aromatic heterocycles. The molecule has 8 heteroatoms. The first kappa shape index (κ1) is 14.1. The van der Waals surface area contributed by atoms with Crippen LogP contribution in [-0.2, 0) is 21.3 Å². The molecule has 0 unspecified atom stereocenters. The Morgan fingerprint density at radius 1 is 1.59 bits per heavy atom. The van der Waals surface area contributed by atoms with Gasteiger partial charge < -0.3 is 9.84 Å². The minimum Gasteiger partial charge on any atom is -0.394 e. The minimum atomic E-state index is -3.51. The van der Waals surface area contributed by atoms with Gasteiger partial charge in [0.15, 0.2) is 0 Å². The molecule has 0 aliphatic rings. The zero-order valence-corrected chi connectivity index (χ0v) is 10.5. The Morgan fingerprint density at radius 2 is 2.35 bits per heavy atom. The second-order valence-electron chi connectivity index (χ2n) is 3.41. The van der Waals surface area contributed by atoms with Gasteiger partial charge in [0.25, 0.3) is 0 Å². The van der Waals surface area contributed by atoms with E-state index in [0.717, 1.165) is 0 Å². The zero-order chi connectivity index (χ0) is 12.7. The zero-order valence-electron chi connectivity index (χ0n) is 9.66. The number of nitrogens with one attached hydrogen (secondary N) is 1. The summed E-state index contributed by atoms with van der Waals surface area (Å²) >= 11 is 0. The Bertz CT molecular complexity index is 429. The summed E-state index contributed by atoms with van der Waals surface area (Å²) in [5.41, 5.74) is 0. The highest BCUT2D eigenvalue weighted by Crippen LogP contribution is 2.06. The summed E-state index contributed by atoms with van der Waals surface area (Å²) in [5.74, 6) is 0. The molecule has 0 fully saturated rings. The van der Waals surface area contributed by atoms with Gasteiger partial charge in [0.05, 0.1) is 19.3 Å². The van der Waals surface area contributed by atoms with Crippen molar-refractivity contribution in [3.05, 3.63) is 12.4 Å². The van der Waals surface area contributed by atoms with Gasteiger partial charge in [-0.1, -0.05) is 0 Å². The van der Waals surface area contributed by atoms with Crippen molar-refractivity contribution < 1.29 is 18.3 Å². The van der Waals surface area contributed by atoms with E-state index in [0.29, 0.717) is 19.6 Å². The molecule has 0 saturated heterocycles. The van der Waals surface area contributed by atoms with Crippen LogP contribution in [0, 0.1) is 0 Å². The third-order valence-corrected chi connectivity index (χ3v) is 3.48. The van der Waals surface area contributed by atoms with Gasteiger partial charge in [-0.15, -0.1) is 0 Å². The summed E-state index contributed by atoms with van der Waals surface area (Å²) in [6, 6.07) is 0. The summed E-state index contributed by atoms with van der Waals surface area (Å²) in [6.45, 7) is 1.02. The van der Waals surface area contributed by atoms with Gasteiger partial charge in [-0.05, 0) is 6.42 Å². The van der Waals surface area contributed by atoms with E-state index >= 15 is 0 Å². The van der Waals surface area contributed by atoms with Gasteiger partial charge in [-0.25, -0.2) is 13.1 Å². The van der Waals surface area contributed by atoms with Crippen LogP contribution in [0.15, 0.2) is 17.3 Å². The lowest BCUT2D eigenvalue weighted by Crippen LogP contribution is -2.25. The molecule has 1 aromatic rings. The number of nitrogens with zero attached hydrogens (tertiary/aromatic N) is 2. The third-order valence-electron chi connectivity index (χ3n) is 2.07. The molecule has 0 aromatic carbocycles. The average molecular weight is 263 g/mol. The number of aliphatic hydroxyl groups excluding tert-OH is 1. The van der Waals surface area contributed by atoms with Crippen molar-refractivity contribution in [2.45, 2.75) is 17.9 Å². The SMILES string of the molecule is COCCCNS(=O)(=O)c1cnn(CCO)c1. The van der Waals surface area contributed by atoms with Crippen LogP contribution in [-0.4, -0.2) is 50.2 Å². The maximum atomic E-state index is 11.7. The Hall–Kier alpha value is -0.960. The Labute approximate surface area is 100 Å². The van der Waals surface area contributed by atoms with Gasteiger partial charge in [0.1, 0.15) is 4.90 Å². The second kappa shape index (κ2) is 6.70. The number of aliphatic hydroxyl groups is 1. The molecule has 7 nitrogen and oxygen atoms in total. The molecule has 0 aliphatic carbocycles. The van der Waals surface area contributed by atoms with Gasteiger partial charge in [-0.2, -0.15) is 5.10 Å². The molecule has 0 aliphatic heterocycles. The minimum absolute atomic E-state index is 0.0809. The lowest BCUT2D eigenvalue weighted by Gasteiger charge is -2.03. The summed E-state index contributed by atoms with van der Waals surface area (Å²) in [5, 5.41) is 12.5. The third kappa shape index (κ3) is 4.43. The Balaban J connectivity index is 2.56. The number of ether oxygens (including phenoxy) is 1. The van der Waals surface area contributed by atoms with Crippen molar-refractivity contribution >= 4 is 10.0 Å². The van der Waals surface area contributed by atoms with Crippen molar-refractivity contribution in [2.75, 3.05) is 26.9 Å². The first-order valence-corrected chi connectivity index (χ1v) is 6.70. The number of sulfonamides is 1. The number of aromatic nitrogens is 2. The van der Waals surface area contributed by atoms with E-state index in [1.165, 1.54) is 17.1 Å². The molecule has 0 atom stereocenters. The van der Waals surface area contributed by atoms with E-state index in [9.17, 15) is 8.42 Å². The van der Waals surface area contributed by atoms with Gasteiger partial charge >= 0.3 is 0 Å². The van der Waals surface area contributed by atoms with Gasteiger partial charge in [0, 0.05) is 26.5 Å². The number of rotatable bonds is 8. The fourth-order valence-corrected chi connectivity index (χ4v) is 2.24. The highest BCUT2D eigenvalue weighted by Gasteiger charge is 2.15. The number of hydrogen-bond donors (Lipinski definition) is 2. The largest absolute Gasteiger partial charge is 0.394 e. The van der Waals surface area contributed by atoms with E-state index in [-0.39, 0.29) is 18.0 Å². The first-order chi connectivity index (χ1) is 8.10.